The number of rotatable bonds is 5. The van der Waals surface area contributed by atoms with Gasteiger partial charge >= 0.3 is 5.69 Å². The first kappa shape index (κ1) is 18.3. The second-order valence-corrected chi connectivity index (χ2v) is 6.32. The van der Waals surface area contributed by atoms with Crippen LogP contribution < -0.4 is 10.1 Å². The van der Waals surface area contributed by atoms with Crippen molar-refractivity contribution in [3.8, 4) is 11.5 Å². The molecule has 8 heteroatoms. The lowest BCUT2D eigenvalue weighted by molar-refractivity contribution is -0.387. The molecule has 1 aromatic heterocycles. The highest BCUT2D eigenvalue weighted by molar-refractivity contribution is 5.92. The number of benzene rings is 3. The van der Waals surface area contributed by atoms with Crippen molar-refractivity contribution in [1.29, 1.82) is 0 Å². The Labute approximate surface area is 165 Å². The summed E-state index contributed by atoms with van der Waals surface area (Å²) in [4.78, 5) is 18.4. The van der Waals surface area contributed by atoms with Crippen LogP contribution in [0.25, 0.3) is 10.9 Å². The Kier molecular flexibility index (Phi) is 4.74. The molecule has 0 bridgehead atoms. The van der Waals surface area contributed by atoms with E-state index in [0.29, 0.717) is 22.6 Å². The Balaban J connectivity index is 1.65. The van der Waals surface area contributed by atoms with Crippen LogP contribution >= 0.6 is 0 Å². The van der Waals surface area contributed by atoms with Gasteiger partial charge in [-0.15, -0.1) is 0 Å². The molecule has 144 valence electrons. The molecule has 1 heterocycles. The molecule has 4 rings (SSSR count). The molecule has 0 radical (unpaired) electrons. The minimum Gasteiger partial charge on any atom is -0.457 e. The standard InChI is InChI=1S/C21H15FN4O3/c1-13-9-14(7-8-20(13)29-15-5-3-2-4-6-15)25-21-16-10-19(26(27)28)17(22)11-18(16)23-12-24-21/h2-12H,1H3,(H,23,24,25). The van der Waals surface area contributed by atoms with Gasteiger partial charge in [-0.25, -0.2) is 9.97 Å². The molecule has 1 N–H and O–H groups in total. The normalized spacial score (nSPS) is 10.7. The van der Waals surface area contributed by atoms with Crippen LogP contribution in [0, 0.1) is 22.9 Å². The Morgan fingerprint density at radius 3 is 2.59 bits per heavy atom. The highest BCUT2D eigenvalue weighted by Crippen LogP contribution is 2.31. The number of para-hydroxylation sites is 1. The van der Waals surface area contributed by atoms with Crippen molar-refractivity contribution >= 4 is 28.1 Å². The first-order valence-electron chi connectivity index (χ1n) is 8.70. The number of nitrogens with zero attached hydrogens (tertiary/aromatic N) is 3. The van der Waals surface area contributed by atoms with Crippen LogP contribution in [-0.2, 0) is 0 Å². The van der Waals surface area contributed by atoms with Crippen molar-refractivity contribution < 1.29 is 14.1 Å². The Hall–Kier alpha value is -4.07. The van der Waals surface area contributed by atoms with Gasteiger partial charge in [0.15, 0.2) is 0 Å². The fraction of sp³-hybridized carbons (Fsp3) is 0.0476. The molecule has 0 saturated carbocycles. The summed E-state index contributed by atoms with van der Waals surface area (Å²) in [5.41, 5.74) is 1.23. The maximum absolute atomic E-state index is 13.9. The summed E-state index contributed by atoms with van der Waals surface area (Å²) in [5, 5.41) is 14.5. The van der Waals surface area contributed by atoms with Gasteiger partial charge in [0.05, 0.1) is 15.8 Å². The number of hydrogen-bond acceptors (Lipinski definition) is 6. The van der Waals surface area contributed by atoms with Crippen LogP contribution in [0.2, 0.25) is 0 Å². The molecule has 0 spiro atoms. The van der Waals surface area contributed by atoms with E-state index in [9.17, 15) is 14.5 Å². The second kappa shape index (κ2) is 7.51. The summed E-state index contributed by atoms with van der Waals surface area (Å²) in [5.74, 6) is 0.832. The van der Waals surface area contributed by atoms with Crippen LogP contribution in [0.15, 0.2) is 67.0 Å². The van der Waals surface area contributed by atoms with Crippen molar-refractivity contribution in [2.24, 2.45) is 0 Å². The summed E-state index contributed by atoms with van der Waals surface area (Å²) >= 11 is 0. The summed E-state index contributed by atoms with van der Waals surface area (Å²) < 4.78 is 19.7. The van der Waals surface area contributed by atoms with E-state index in [-0.39, 0.29) is 5.52 Å². The molecule has 0 atom stereocenters. The van der Waals surface area contributed by atoms with Crippen LogP contribution in [0.4, 0.5) is 21.6 Å². The largest absolute Gasteiger partial charge is 0.457 e. The predicted molar refractivity (Wildman–Crippen MR) is 107 cm³/mol. The van der Waals surface area contributed by atoms with Crippen LogP contribution in [0.1, 0.15) is 5.56 Å². The molecule has 7 nitrogen and oxygen atoms in total. The zero-order chi connectivity index (χ0) is 20.4. The molecule has 0 unspecified atom stereocenters. The van der Waals surface area contributed by atoms with Crippen molar-refractivity contribution in [3.05, 3.63) is 88.5 Å². The molecule has 0 aliphatic heterocycles. The molecule has 0 amide bonds. The first-order chi connectivity index (χ1) is 14.0. The molecule has 29 heavy (non-hydrogen) atoms. The Bertz CT molecular complexity index is 1220. The number of nitrogens with one attached hydrogen (secondary N) is 1. The maximum atomic E-state index is 13.9. The molecule has 0 aliphatic carbocycles. The lowest BCUT2D eigenvalue weighted by Gasteiger charge is -2.12. The van der Waals surface area contributed by atoms with Crippen molar-refractivity contribution in [2.75, 3.05) is 5.32 Å². The lowest BCUT2D eigenvalue weighted by atomic mass is 10.1. The minimum absolute atomic E-state index is 0.270. The van der Waals surface area contributed by atoms with E-state index in [1.165, 1.54) is 6.33 Å². The summed E-state index contributed by atoms with van der Waals surface area (Å²) in [6.07, 6.45) is 1.27. The molecule has 3 aromatic carbocycles. The highest BCUT2D eigenvalue weighted by atomic mass is 19.1. The summed E-state index contributed by atoms with van der Waals surface area (Å²) in [6.45, 7) is 1.90. The number of nitro groups is 1. The van der Waals surface area contributed by atoms with Crippen molar-refractivity contribution in [2.45, 2.75) is 6.92 Å². The zero-order valence-corrected chi connectivity index (χ0v) is 15.3. The first-order valence-corrected chi connectivity index (χ1v) is 8.70. The van der Waals surface area contributed by atoms with E-state index in [1.807, 2.05) is 49.4 Å². The predicted octanol–water partition coefficient (Wildman–Crippen LogP) is 5.52. The Morgan fingerprint density at radius 1 is 1.07 bits per heavy atom. The van der Waals surface area contributed by atoms with Crippen LogP contribution in [0.5, 0.6) is 11.5 Å². The second-order valence-electron chi connectivity index (χ2n) is 6.32. The van der Waals surface area contributed by atoms with Gasteiger partial charge in [0.2, 0.25) is 5.82 Å². The van der Waals surface area contributed by atoms with Gasteiger partial charge in [0.25, 0.3) is 0 Å². The van der Waals surface area contributed by atoms with Crippen LogP contribution in [0.3, 0.4) is 0 Å². The van der Waals surface area contributed by atoms with Gasteiger partial charge in [-0.05, 0) is 42.8 Å². The third kappa shape index (κ3) is 3.81. The third-order valence-corrected chi connectivity index (χ3v) is 4.31. The lowest BCUT2D eigenvalue weighted by Crippen LogP contribution is -1.99. The SMILES string of the molecule is Cc1cc(Nc2ncnc3cc(F)c([N+](=O)[O-])cc23)ccc1Oc1ccccc1. The number of halogens is 1. The molecule has 0 fully saturated rings. The van der Waals surface area contributed by atoms with E-state index in [1.54, 1.807) is 6.07 Å². The van der Waals surface area contributed by atoms with Gasteiger partial charge in [-0.2, -0.15) is 4.39 Å². The van der Waals surface area contributed by atoms with Crippen molar-refractivity contribution in [1.82, 2.24) is 9.97 Å². The smallest absolute Gasteiger partial charge is 0.305 e. The summed E-state index contributed by atoms with van der Waals surface area (Å²) in [7, 11) is 0. The van der Waals surface area contributed by atoms with Gasteiger partial charge in [-0.3, -0.25) is 10.1 Å². The van der Waals surface area contributed by atoms with Gasteiger partial charge in [0, 0.05) is 17.8 Å². The zero-order valence-electron chi connectivity index (χ0n) is 15.3. The van der Waals surface area contributed by atoms with E-state index in [4.69, 9.17) is 4.74 Å². The number of hydrogen-bond donors (Lipinski definition) is 1. The fourth-order valence-electron chi connectivity index (χ4n) is 2.90. The molecule has 0 aliphatic rings. The van der Waals surface area contributed by atoms with Gasteiger partial charge in [0.1, 0.15) is 23.6 Å². The van der Waals surface area contributed by atoms with E-state index >= 15 is 0 Å². The number of anilines is 2. The van der Waals surface area contributed by atoms with E-state index in [2.05, 4.69) is 15.3 Å². The fourth-order valence-corrected chi connectivity index (χ4v) is 2.90. The molecular formula is C21H15FN4O3. The molecule has 4 aromatic rings. The quantitative estimate of drug-likeness (QED) is 0.356. The van der Waals surface area contributed by atoms with Gasteiger partial charge < -0.3 is 10.1 Å². The maximum Gasteiger partial charge on any atom is 0.305 e. The monoisotopic (exact) mass is 390 g/mol. The number of aromatic nitrogens is 2. The Morgan fingerprint density at radius 2 is 1.86 bits per heavy atom. The van der Waals surface area contributed by atoms with E-state index in [0.717, 1.165) is 23.4 Å². The van der Waals surface area contributed by atoms with Gasteiger partial charge in [-0.1, -0.05) is 18.2 Å². The topological polar surface area (TPSA) is 90.2 Å². The highest BCUT2D eigenvalue weighted by Gasteiger charge is 2.18. The molecule has 0 saturated heterocycles. The van der Waals surface area contributed by atoms with E-state index < -0.39 is 16.4 Å². The van der Waals surface area contributed by atoms with Crippen molar-refractivity contribution in [3.63, 3.8) is 0 Å². The molecular weight excluding hydrogens is 375 g/mol. The number of fused-ring (bicyclic) bond motifs is 1. The number of ether oxygens (including phenoxy) is 1. The minimum atomic E-state index is -0.939. The van der Waals surface area contributed by atoms with Crippen LogP contribution in [-0.4, -0.2) is 14.9 Å². The third-order valence-electron chi connectivity index (χ3n) is 4.31. The number of nitro benzene ring substituents is 1. The number of aryl methyl sites for hydroxylation is 1. The summed E-state index contributed by atoms with van der Waals surface area (Å²) in [6, 6.07) is 17.1. The average Bonchev–Trinajstić information content (AvgIpc) is 2.70. The average molecular weight is 390 g/mol.